The SMILES string of the molecule is Cc1cccn2c(=O)c(C=C3SC(=S)N(C)C3=O)c(Oc3ccc(Cl)cc3Cl)nc12. The average Bonchev–Trinajstić information content (AvgIpc) is 2.94. The smallest absolute Gasteiger partial charge is 0.269 e. The van der Waals surface area contributed by atoms with Crippen LogP contribution in [0.25, 0.3) is 11.7 Å². The van der Waals surface area contributed by atoms with Gasteiger partial charge >= 0.3 is 0 Å². The van der Waals surface area contributed by atoms with Gasteiger partial charge in [0.15, 0.2) is 0 Å². The summed E-state index contributed by atoms with van der Waals surface area (Å²) in [7, 11) is 1.58. The minimum absolute atomic E-state index is 0.0277. The minimum atomic E-state index is -0.384. The lowest BCUT2D eigenvalue weighted by molar-refractivity contribution is -0.121. The first-order chi connectivity index (χ1) is 14.3. The molecule has 0 spiro atoms. The van der Waals surface area contributed by atoms with Crippen molar-refractivity contribution in [3.05, 3.63) is 73.0 Å². The summed E-state index contributed by atoms with van der Waals surface area (Å²) < 4.78 is 7.72. The lowest BCUT2D eigenvalue weighted by atomic mass is 10.2. The molecule has 152 valence electrons. The molecular weight excluding hydrogens is 465 g/mol. The van der Waals surface area contributed by atoms with Gasteiger partial charge in [0.05, 0.1) is 9.93 Å². The van der Waals surface area contributed by atoms with Crippen LogP contribution in [0, 0.1) is 6.92 Å². The van der Waals surface area contributed by atoms with E-state index in [4.69, 9.17) is 40.2 Å². The number of hydrogen-bond acceptors (Lipinski definition) is 6. The highest BCUT2D eigenvalue weighted by Gasteiger charge is 2.30. The van der Waals surface area contributed by atoms with Crippen LogP contribution in [-0.4, -0.2) is 31.6 Å². The van der Waals surface area contributed by atoms with Crippen molar-refractivity contribution in [2.75, 3.05) is 7.05 Å². The highest BCUT2D eigenvalue weighted by Crippen LogP contribution is 2.35. The molecule has 1 fully saturated rings. The van der Waals surface area contributed by atoms with Gasteiger partial charge in [-0.2, -0.15) is 4.98 Å². The minimum Gasteiger partial charge on any atom is -0.437 e. The number of pyridine rings is 1. The molecule has 1 saturated heterocycles. The Morgan fingerprint density at radius 2 is 2.00 bits per heavy atom. The summed E-state index contributed by atoms with van der Waals surface area (Å²) in [5.74, 6) is 0.0118. The highest BCUT2D eigenvalue weighted by atomic mass is 35.5. The lowest BCUT2D eigenvalue weighted by Crippen LogP contribution is -2.23. The average molecular weight is 478 g/mol. The number of carbonyl (C=O) groups is 1. The third-order valence-corrected chi connectivity index (χ3v) is 6.43. The fraction of sp³-hybridized carbons (Fsp3) is 0.100. The molecule has 1 amide bonds. The molecule has 1 aliphatic rings. The predicted molar refractivity (Wildman–Crippen MR) is 124 cm³/mol. The van der Waals surface area contributed by atoms with E-state index in [0.29, 0.717) is 19.9 Å². The van der Waals surface area contributed by atoms with Crippen molar-refractivity contribution in [1.29, 1.82) is 0 Å². The number of nitrogens with zero attached hydrogens (tertiary/aromatic N) is 3. The summed E-state index contributed by atoms with van der Waals surface area (Å²) in [5.41, 5.74) is 0.944. The molecule has 0 bridgehead atoms. The van der Waals surface area contributed by atoms with Crippen LogP contribution in [0.3, 0.4) is 0 Å². The number of hydrogen-bond donors (Lipinski definition) is 0. The Balaban J connectivity index is 1.94. The van der Waals surface area contributed by atoms with Gasteiger partial charge in [0.1, 0.15) is 21.3 Å². The first-order valence-corrected chi connectivity index (χ1v) is 10.6. The molecule has 0 N–H and O–H groups in total. The molecule has 2 aromatic heterocycles. The van der Waals surface area contributed by atoms with Gasteiger partial charge in [-0.3, -0.25) is 18.9 Å². The molecule has 0 atom stereocenters. The first-order valence-electron chi connectivity index (χ1n) is 8.62. The molecule has 3 heterocycles. The number of likely N-dealkylation sites (N-methyl/N-ethyl adjacent to an activating group) is 1. The first kappa shape index (κ1) is 20.9. The third kappa shape index (κ3) is 3.72. The molecule has 0 aliphatic carbocycles. The van der Waals surface area contributed by atoms with E-state index >= 15 is 0 Å². The molecule has 6 nitrogen and oxygen atoms in total. The molecule has 0 unspecified atom stereocenters. The lowest BCUT2D eigenvalue weighted by Gasteiger charge is -2.12. The van der Waals surface area contributed by atoms with E-state index in [2.05, 4.69) is 4.98 Å². The molecule has 30 heavy (non-hydrogen) atoms. The maximum absolute atomic E-state index is 13.3. The van der Waals surface area contributed by atoms with Crippen LogP contribution in [-0.2, 0) is 4.79 Å². The number of halogens is 2. The van der Waals surface area contributed by atoms with Gasteiger partial charge in [-0.05, 0) is 42.8 Å². The normalized spacial score (nSPS) is 15.5. The van der Waals surface area contributed by atoms with Gasteiger partial charge in [-0.1, -0.05) is 53.2 Å². The number of aromatic nitrogens is 2. The second-order valence-electron chi connectivity index (χ2n) is 6.44. The summed E-state index contributed by atoms with van der Waals surface area (Å²) >= 11 is 18.5. The standard InChI is InChI=1S/C20H13Cl2N3O3S2/c1-10-4-3-7-25-16(10)23-17(28-14-6-5-11(21)8-13(14)22)12(18(25)26)9-15-19(27)24(2)20(29)30-15/h3-9H,1-2H3. The summed E-state index contributed by atoms with van der Waals surface area (Å²) in [6.07, 6.45) is 3.06. The van der Waals surface area contributed by atoms with E-state index in [9.17, 15) is 9.59 Å². The van der Waals surface area contributed by atoms with Crippen LogP contribution >= 0.6 is 47.2 Å². The Morgan fingerprint density at radius 3 is 2.67 bits per heavy atom. The van der Waals surface area contributed by atoms with Crippen molar-refractivity contribution < 1.29 is 9.53 Å². The topological polar surface area (TPSA) is 63.9 Å². The molecule has 10 heteroatoms. The second kappa shape index (κ2) is 8.03. The van der Waals surface area contributed by atoms with E-state index in [1.54, 1.807) is 31.4 Å². The zero-order chi connectivity index (χ0) is 21.6. The number of ether oxygens (including phenoxy) is 1. The van der Waals surface area contributed by atoms with Gasteiger partial charge in [0, 0.05) is 18.3 Å². The number of fused-ring (bicyclic) bond motifs is 1. The summed E-state index contributed by atoms with van der Waals surface area (Å²) in [4.78, 5) is 31.9. The third-order valence-electron chi connectivity index (χ3n) is 4.41. The van der Waals surface area contributed by atoms with Crippen molar-refractivity contribution in [3.8, 4) is 11.6 Å². The fourth-order valence-corrected chi connectivity index (χ4v) is 4.44. The fourth-order valence-electron chi connectivity index (χ4n) is 2.83. The Hall–Kier alpha value is -2.39. The molecule has 4 rings (SSSR count). The van der Waals surface area contributed by atoms with Crippen molar-refractivity contribution >= 4 is 69.1 Å². The van der Waals surface area contributed by atoms with Gasteiger partial charge in [-0.25, -0.2) is 0 Å². The molecule has 1 aliphatic heterocycles. The van der Waals surface area contributed by atoms with Crippen LogP contribution in [0.1, 0.15) is 11.1 Å². The number of thiocarbonyl (C=S) groups is 1. The number of thioether (sulfide) groups is 1. The Kier molecular flexibility index (Phi) is 5.59. The van der Waals surface area contributed by atoms with Gasteiger partial charge in [0.2, 0.25) is 5.88 Å². The van der Waals surface area contributed by atoms with Gasteiger partial charge < -0.3 is 4.74 Å². The number of rotatable bonds is 3. The number of benzene rings is 1. The zero-order valence-corrected chi connectivity index (χ0v) is 18.8. The quantitative estimate of drug-likeness (QED) is 0.393. The molecule has 0 saturated carbocycles. The van der Waals surface area contributed by atoms with E-state index in [1.807, 2.05) is 13.0 Å². The van der Waals surface area contributed by atoms with Crippen LogP contribution in [0.15, 0.2) is 46.2 Å². The van der Waals surface area contributed by atoms with Crippen molar-refractivity contribution in [3.63, 3.8) is 0 Å². The van der Waals surface area contributed by atoms with E-state index < -0.39 is 0 Å². The van der Waals surface area contributed by atoms with Gasteiger partial charge in [-0.15, -0.1) is 0 Å². The summed E-state index contributed by atoms with van der Waals surface area (Å²) in [5, 5.41) is 0.710. The maximum Gasteiger partial charge on any atom is 0.269 e. The van der Waals surface area contributed by atoms with E-state index in [0.717, 1.165) is 17.3 Å². The molecule has 1 aromatic carbocycles. The highest BCUT2D eigenvalue weighted by molar-refractivity contribution is 8.26. The van der Waals surface area contributed by atoms with Crippen molar-refractivity contribution in [2.45, 2.75) is 6.92 Å². The van der Waals surface area contributed by atoms with Crippen LogP contribution in [0.4, 0.5) is 0 Å². The predicted octanol–water partition coefficient (Wildman–Crippen LogP) is 4.93. The monoisotopic (exact) mass is 477 g/mol. The van der Waals surface area contributed by atoms with E-state index in [-0.39, 0.29) is 33.7 Å². The maximum atomic E-state index is 13.3. The Bertz CT molecular complexity index is 1320. The van der Waals surface area contributed by atoms with Crippen LogP contribution < -0.4 is 10.3 Å². The Labute approximate surface area is 191 Å². The second-order valence-corrected chi connectivity index (χ2v) is 8.96. The summed E-state index contributed by atoms with van der Waals surface area (Å²) in [6.45, 7) is 1.84. The largest absolute Gasteiger partial charge is 0.437 e. The Morgan fingerprint density at radius 1 is 1.23 bits per heavy atom. The summed E-state index contributed by atoms with van der Waals surface area (Å²) in [6, 6.07) is 8.31. The van der Waals surface area contributed by atoms with E-state index in [1.165, 1.54) is 21.4 Å². The molecular formula is C20H13Cl2N3O3S2. The molecule has 0 radical (unpaired) electrons. The van der Waals surface area contributed by atoms with Gasteiger partial charge in [0.25, 0.3) is 11.5 Å². The van der Waals surface area contributed by atoms with Crippen molar-refractivity contribution in [2.24, 2.45) is 0 Å². The number of amides is 1. The number of aryl methyl sites for hydroxylation is 1. The van der Waals surface area contributed by atoms with Crippen LogP contribution in [0.5, 0.6) is 11.6 Å². The zero-order valence-electron chi connectivity index (χ0n) is 15.7. The number of carbonyl (C=O) groups excluding carboxylic acids is 1. The van der Waals surface area contributed by atoms with Crippen LogP contribution in [0.2, 0.25) is 10.0 Å². The molecule has 3 aromatic rings. The van der Waals surface area contributed by atoms with Crippen molar-refractivity contribution in [1.82, 2.24) is 14.3 Å².